The lowest BCUT2D eigenvalue weighted by Gasteiger charge is -2.25. The van der Waals surface area contributed by atoms with Gasteiger partial charge in [0.2, 0.25) is 29.4 Å². The first-order valence-electron chi connectivity index (χ1n) is 11.6. The number of likely N-dealkylation sites (N-methyl/N-ethyl adjacent to an activating group) is 1. The Kier molecular flexibility index (Phi) is 12.2. The van der Waals surface area contributed by atoms with Gasteiger partial charge in [-0.05, 0) is 5.56 Å². The Bertz CT molecular complexity index is 1110. The van der Waals surface area contributed by atoms with Crippen molar-refractivity contribution in [3.8, 4) is 0 Å². The number of thioether (sulfide) groups is 1. The van der Waals surface area contributed by atoms with Crippen molar-refractivity contribution in [2.24, 2.45) is 0 Å². The Morgan fingerprint density at radius 1 is 1.03 bits per heavy atom. The molecule has 1 aliphatic heterocycles. The van der Waals surface area contributed by atoms with Crippen LogP contribution in [0.4, 0.5) is 0 Å². The zero-order valence-corrected chi connectivity index (χ0v) is 22.1. The molecule has 0 spiro atoms. The number of hydrogen-bond acceptors (Lipinski definition) is 11. The van der Waals surface area contributed by atoms with E-state index in [1.807, 2.05) is 6.07 Å². The van der Waals surface area contributed by atoms with Gasteiger partial charge < -0.3 is 40.5 Å². The third-order valence-electron chi connectivity index (χ3n) is 5.13. The number of carbonyl (C=O) groups excluding carboxylic acids is 6. The molecule has 5 N–H and O–H groups in total. The number of ether oxygens (including phenoxy) is 2. The summed E-state index contributed by atoms with van der Waals surface area (Å²) in [5, 5.41) is 27.2. The molecule has 1 heterocycles. The van der Waals surface area contributed by atoms with Crippen LogP contribution in [-0.2, 0) is 44.8 Å². The van der Waals surface area contributed by atoms with Crippen LogP contribution in [0.2, 0.25) is 0 Å². The Hall–Kier alpha value is -4.11. The number of hydrogen-bond donors (Lipinski definition) is 5. The molecule has 1 aromatic rings. The second-order valence-corrected chi connectivity index (χ2v) is 9.42. The van der Waals surface area contributed by atoms with Gasteiger partial charge in [-0.15, -0.1) is 0 Å². The van der Waals surface area contributed by atoms with Crippen molar-refractivity contribution in [2.75, 3.05) is 39.0 Å². The largest absolute Gasteiger partial charge is 0.499 e. The number of nitrogens with one attached hydrogen (secondary N) is 3. The van der Waals surface area contributed by atoms with Crippen molar-refractivity contribution in [2.45, 2.75) is 25.7 Å². The molecule has 212 valence electrons. The standard InChI is InChI=1S/C24H30N4O10S/c1-14(29)39-13-19(33)26-9-17(31)25-8-18(32)27-10-20(34)28(2)11-16(30)22-23(21(35)24(36)38-22)37-12-15-6-4-3-5-7-15/h3-7,16,22,30,35H,8-13H2,1-2H3,(H,25,31)(H,26,33)(H,27,32). The van der Waals surface area contributed by atoms with E-state index in [2.05, 4.69) is 16.0 Å². The molecule has 14 nitrogen and oxygen atoms in total. The average Bonchev–Trinajstić information content (AvgIpc) is 3.20. The molecule has 0 fully saturated rings. The van der Waals surface area contributed by atoms with Gasteiger partial charge >= 0.3 is 5.97 Å². The second-order valence-electron chi connectivity index (χ2n) is 8.27. The van der Waals surface area contributed by atoms with E-state index in [4.69, 9.17) is 9.47 Å². The predicted octanol–water partition coefficient (Wildman–Crippen LogP) is -1.65. The summed E-state index contributed by atoms with van der Waals surface area (Å²) in [7, 11) is 1.34. The second kappa shape index (κ2) is 15.3. The van der Waals surface area contributed by atoms with Crippen LogP contribution in [-0.4, -0.2) is 101 Å². The van der Waals surface area contributed by atoms with Crippen LogP contribution >= 0.6 is 11.8 Å². The summed E-state index contributed by atoms with van der Waals surface area (Å²) >= 11 is 0.793. The van der Waals surface area contributed by atoms with Crippen LogP contribution in [0.25, 0.3) is 0 Å². The number of aliphatic hydroxyl groups is 2. The van der Waals surface area contributed by atoms with E-state index in [1.54, 1.807) is 24.3 Å². The highest BCUT2D eigenvalue weighted by atomic mass is 32.2. The maximum atomic E-state index is 12.4. The van der Waals surface area contributed by atoms with E-state index in [1.165, 1.54) is 14.0 Å². The molecular weight excluding hydrogens is 536 g/mol. The van der Waals surface area contributed by atoms with E-state index in [0.29, 0.717) is 0 Å². The Morgan fingerprint density at radius 3 is 2.23 bits per heavy atom. The highest BCUT2D eigenvalue weighted by Crippen LogP contribution is 2.26. The van der Waals surface area contributed by atoms with Crippen molar-refractivity contribution in [3.63, 3.8) is 0 Å². The average molecular weight is 567 g/mol. The number of esters is 1. The first-order chi connectivity index (χ1) is 18.5. The molecule has 4 amide bonds. The molecule has 0 saturated heterocycles. The first-order valence-corrected chi connectivity index (χ1v) is 12.6. The molecule has 1 aliphatic rings. The van der Waals surface area contributed by atoms with Crippen molar-refractivity contribution in [3.05, 3.63) is 47.4 Å². The minimum absolute atomic E-state index is 0.00272. The number of aliphatic hydroxyl groups excluding tert-OH is 2. The Morgan fingerprint density at radius 2 is 1.62 bits per heavy atom. The quantitative estimate of drug-likeness (QED) is 0.162. The Balaban J connectivity index is 1.74. The molecule has 2 rings (SSSR count). The van der Waals surface area contributed by atoms with E-state index < -0.39 is 67.2 Å². The lowest BCUT2D eigenvalue weighted by Crippen LogP contribution is -2.47. The van der Waals surface area contributed by atoms with E-state index in [0.717, 1.165) is 22.2 Å². The number of nitrogens with zero attached hydrogens (tertiary/aromatic N) is 1. The van der Waals surface area contributed by atoms with E-state index in [9.17, 15) is 39.0 Å². The summed E-state index contributed by atoms with van der Waals surface area (Å²) < 4.78 is 10.5. The summed E-state index contributed by atoms with van der Waals surface area (Å²) in [6.07, 6.45) is -2.79. The molecule has 0 aliphatic carbocycles. The third-order valence-corrected chi connectivity index (χ3v) is 5.94. The van der Waals surface area contributed by atoms with Gasteiger partial charge in [-0.25, -0.2) is 4.79 Å². The fraction of sp³-hybridized carbons (Fsp3) is 0.417. The maximum Gasteiger partial charge on any atom is 0.378 e. The highest BCUT2D eigenvalue weighted by molar-refractivity contribution is 8.14. The lowest BCUT2D eigenvalue weighted by molar-refractivity contribution is -0.148. The van der Waals surface area contributed by atoms with E-state index in [-0.39, 0.29) is 29.8 Å². The number of rotatable bonds is 14. The van der Waals surface area contributed by atoms with E-state index >= 15 is 0 Å². The zero-order chi connectivity index (χ0) is 28.9. The normalized spacial score (nSPS) is 15.2. The molecule has 15 heteroatoms. The van der Waals surface area contributed by atoms with Gasteiger partial charge in [-0.2, -0.15) is 0 Å². The number of benzene rings is 1. The van der Waals surface area contributed by atoms with Crippen molar-refractivity contribution in [1.29, 1.82) is 0 Å². The minimum Gasteiger partial charge on any atom is -0.499 e. The van der Waals surface area contributed by atoms with Crippen LogP contribution < -0.4 is 16.0 Å². The summed E-state index contributed by atoms with van der Waals surface area (Å²) in [6.45, 7) is -0.321. The van der Waals surface area contributed by atoms with Crippen molar-refractivity contribution in [1.82, 2.24) is 20.9 Å². The van der Waals surface area contributed by atoms with Crippen LogP contribution in [0, 0.1) is 0 Å². The Labute approximate surface area is 228 Å². The van der Waals surface area contributed by atoms with Crippen LogP contribution in [0.15, 0.2) is 41.9 Å². The molecule has 0 bridgehead atoms. The maximum absolute atomic E-state index is 12.4. The van der Waals surface area contributed by atoms with Gasteiger partial charge in [-0.1, -0.05) is 42.1 Å². The van der Waals surface area contributed by atoms with Gasteiger partial charge in [-0.3, -0.25) is 24.0 Å². The SMILES string of the molecule is CC(=O)SCC(=O)NCC(=O)NCC(=O)NCC(=O)N(C)CC(O)C1OC(=O)C(O)=C1OCc1ccccc1. The number of cyclic esters (lactones) is 1. The van der Waals surface area contributed by atoms with Crippen molar-refractivity contribution < 1.29 is 48.5 Å². The van der Waals surface area contributed by atoms with Crippen LogP contribution in [0.3, 0.4) is 0 Å². The monoisotopic (exact) mass is 566 g/mol. The molecule has 0 aromatic heterocycles. The highest BCUT2D eigenvalue weighted by Gasteiger charge is 2.41. The fourth-order valence-corrected chi connectivity index (χ4v) is 3.52. The molecule has 1 aromatic carbocycles. The molecule has 0 radical (unpaired) electrons. The van der Waals surface area contributed by atoms with Gasteiger partial charge in [0.1, 0.15) is 12.7 Å². The summed E-state index contributed by atoms with van der Waals surface area (Å²) in [5.41, 5.74) is 0.748. The topological polar surface area (TPSA) is 201 Å². The summed E-state index contributed by atoms with van der Waals surface area (Å²) in [5.74, 6) is -4.67. The smallest absolute Gasteiger partial charge is 0.378 e. The van der Waals surface area contributed by atoms with Gasteiger partial charge in [0.25, 0.3) is 0 Å². The number of amides is 4. The minimum atomic E-state index is -1.45. The molecule has 39 heavy (non-hydrogen) atoms. The third kappa shape index (κ3) is 10.6. The molecule has 0 saturated carbocycles. The molecule has 2 unspecified atom stereocenters. The number of carbonyl (C=O) groups is 6. The summed E-state index contributed by atoms with van der Waals surface area (Å²) in [6, 6.07) is 8.90. The summed E-state index contributed by atoms with van der Waals surface area (Å²) in [4.78, 5) is 71.3. The first kappa shape index (κ1) is 31.1. The molecule has 2 atom stereocenters. The zero-order valence-electron chi connectivity index (χ0n) is 21.3. The van der Waals surface area contributed by atoms with Crippen LogP contribution in [0.1, 0.15) is 12.5 Å². The molecular formula is C24H30N4O10S. The predicted molar refractivity (Wildman–Crippen MR) is 137 cm³/mol. The fourth-order valence-electron chi connectivity index (χ4n) is 3.09. The van der Waals surface area contributed by atoms with Gasteiger partial charge in [0, 0.05) is 14.0 Å². The lowest BCUT2D eigenvalue weighted by atomic mass is 10.1. The van der Waals surface area contributed by atoms with Crippen molar-refractivity contribution >= 4 is 46.5 Å². The van der Waals surface area contributed by atoms with Gasteiger partial charge in [0.15, 0.2) is 17.0 Å². The van der Waals surface area contributed by atoms with Gasteiger partial charge in [0.05, 0.1) is 31.9 Å². The van der Waals surface area contributed by atoms with Crippen LogP contribution in [0.5, 0.6) is 0 Å².